The smallest absolute Gasteiger partial charge is 0.247 e. The Bertz CT molecular complexity index is 507. The van der Waals surface area contributed by atoms with Gasteiger partial charge in [-0.05, 0) is 35.4 Å². The molecule has 0 aliphatic heterocycles. The van der Waals surface area contributed by atoms with Gasteiger partial charge in [0, 0.05) is 6.54 Å². The van der Waals surface area contributed by atoms with E-state index in [4.69, 9.17) is 0 Å². The van der Waals surface area contributed by atoms with E-state index in [2.05, 4.69) is 20.8 Å². The molecule has 1 aromatic carbocycles. The molecule has 6 nitrogen and oxygen atoms in total. The number of tetrazole rings is 1. The van der Waals surface area contributed by atoms with Crippen LogP contribution < -0.4 is 5.32 Å². The molecule has 0 aliphatic carbocycles. The van der Waals surface area contributed by atoms with E-state index in [0.717, 1.165) is 5.69 Å². The van der Waals surface area contributed by atoms with Gasteiger partial charge in [0.05, 0.1) is 11.3 Å². The molecular weight excluding hydrogens is 242 g/mol. The fourth-order valence-corrected chi connectivity index (χ4v) is 1.78. The summed E-state index contributed by atoms with van der Waals surface area (Å²) >= 11 is 0. The number of nitrogens with one attached hydrogen (secondary N) is 1. The maximum atomic E-state index is 10.2. The molecular formula is C13H19N5O. The zero-order valence-corrected chi connectivity index (χ0v) is 11.2. The Morgan fingerprint density at radius 1 is 1.21 bits per heavy atom. The Balaban J connectivity index is 2.13. The molecule has 19 heavy (non-hydrogen) atoms. The average molecular weight is 261 g/mol. The lowest BCUT2D eigenvalue weighted by molar-refractivity contribution is 0.0455. The second kappa shape index (κ2) is 5.79. The Labute approximate surface area is 112 Å². The van der Waals surface area contributed by atoms with Crippen molar-refractivity contribution in [2.45, 2.75) is 32.3 Å². The number of anilines is 1. The SMILES string of the molecule is CCC(O)(CC)CNc1nnnn1-c1ccccc1. The van der Waals surface area contributed by atoms with Crippen LogP contribution in [0, 0.1) is 0 Å². The standard InChI is InChI=1S/C13H19N5O/c1-3-13(19,4-2)10-14-12-15-16-17-18(12)11-8-6-5-7-9-11/h5-9,19H,3-4,10H2,1-2H3,(H,14,15,17). The summed E-state index contributed by atoms with van der Waals surface area (Å²) in [5.74, 6) is 0.534. The summed E-state index contributed by atoms with van der Waals surface area (Å²) in [5, 5.41) is 24.9. The van der Waals surface area contributed by atoms with Crippen molar-refractivity contribution < 1.29 is 5.11 Å². The van der Waals surface area contributed by atoms with Crippen LogP contribution in [0.2, 0.25) is 0 Å². The normalized spacial score (nSPS) is 11.5. The average Bonchev–Trinajstić information content (AvgIpc) is 2.94. The van der Waals surface area contributed by atoms with Crippen LogP contribution in [-0.2, 0) is 0 Å². The maximum Gasteiger partial charge on any atom is 0.247 e. The van der Waals surface area contributed by atoms with Gasteiger partial charge >= 0.3 is 0 Å². The number of para-hydroxylation sites is 1. The van der Waals surface area contributed by atoms with Gasteiger partial charge in [-0.15, -0.1) is 0 Å². The molecule has 0 amide bonds. The second-order valence-corrected chi connectivity index (χ2v) is 4.53. The lowest BCUT2D eigenvalue weighted by atomic mass is 9.98. The van der Waals surface area contributed by atoms with Crippen molar-refractivity contribution in [2.75, 3.05) is 11.9 Å². The van der Waals surface area contributed by atoms with E-state index in [9.17, 15) is 5.11 Å². The van der Waals surface area contributed by atoms with Gasteiger partial charge in [-0.3, -0.25) is 0 Å². The molecule has 0 saturated heterocycles. The minimum Gasteiger partial charge on any atom is -0.388 e. The zero-order chi connectivity index (χ0) is 13.7. The molecule has 1 aromatic heterocycles. The molecule has 0 atom stereocenters. The molecule has 2 N–H and O–H groups in total. The van der Waals surface area contributed by atoms with Gasteiger partial charge in [0.2, 0.25) is 5.95 Å². The van der Waals surface area contributed by atoms with Crippen molar-refractivity contribution in [3.8, 4) is 5.69 Å². The van der Waals surface area contributed by atoms with Crippen molar-refractivity contribution in [1.82, 2.24) is 20.2 Å². The van der Waals surface area contributed by atoms with Crippen LogP contribution in [0.1, 0.15) is 26.7 Å². The summed E-state index contributed by atoms with van der Waals surface area (Å²) in [5.41, 5.74) is 0.152. The molecule has 2 aromatic rings. The van der Waals surface area contributed by atoms with Crippen molar-refractivity contribution >= 4 is 5.95 Å². The lowest BCUT2D eigenvalue weighted by Crippen LogP contribution is -2.36. The minimum atomic E-state index is -0.729. The summed E-state index contributed by atoms with van der Waals surface area (Å²) in [6, 6.07) is 9.64. The van der Waals surface area contributed by atoms with Gasteiger partial charge < -0.3 is 10.4 Å². The number of nitrogens with zero attached hydrogens (tertiary/aromatic N) is 4. The van der Waals surface area contributed by atoms with Crippen LogP contribution in [0.4, 0.5) is 5.95 Å². The molecule has 0 radical (unpaired) electrons. The molecule has 0 aliphatic rings. The molecule has 102 valence electrons. The van der Waals surface area contributed by atoms with Crippen LogP contribution >= 0.6 is 0 Å². The minimum absolute atomic E-state index is 0.424. The van der Waals surface area contributed by atoms with E-state index in [1.54, 1.807) is 4.68 Å². The van der Waals surface area contributed by atoms with Crippen molar-refractivity contribution in [2.24, 2.45) is 0 Å². The first-order valence-corrected chi connectivity index (χ1v) is 6.48. The summed E-state index contributed by atoms with van der Waals surface area (Å²) in [4.78, 5) is 0. The number of benzene rings is 1. The second-order valence-electron chi connectivity index (χ2n) is 4.53. The first-order valence-electron chi connectivity index (χ1n) is 6.48. The largest absolute Gasteiger partial charge is 0.388 e. The first-order chi connectivity index (χ1) is 9.18. The van der Waals surface area contributed by atoms with Crippen molar-refractivity contribution in [3.63, 3.8) is 0 Å². The van der Waals surface area contributed by atoms with Gasteiger partial charge in [0.1, 0.15) is 0 Å². The molecule has 2 rings (SSSR count). The van der Waals surface area contributed by atoms with E-state index in [0.29, 0.717) is 25.3 Å². The molecule has 1 heterocycles. The van der Waals surface area contributed by atoms with Gasteiger partial charge in [-0.2, -0.15) is 4.68 Å². The number of hydrogen-bond acceptors (Lipinski definition) is 5. The highest BCUT2D eigenvalue weighted by Gasteiger charge is 2.22. The Kier molecular flexibility index (Phi) is 4.11. The number of hydrogen-bond donors (Lipinski definition) is 2. The third-order valence-electron chi connectivity index (χ3n) is 3.36. The quantitative estimate of drug-likeness (QED) is 0.826. The monoisotopic (exact) mass is 261 g/mol. The zero-order valence-electron chi connectivity index (χ0n) is 11.2. The van der Waals surface area contributed by atoms with E-state index in [1.165, 1.54) is 0 Å². The van der Waals surface area contributed by atoms with Gasteiger partial charge in [-0.25, -0.2) is 0 Å². The Morgan fingerprint density at radius 2 is 1.89 bits per heavy atom. The fraction of sp³-hybridized carbons (Fsp3) is 0.462. The number of aliphatic hydroxyl groups is 1. The summed E-state index contributed by atoms with van der Waals surface area (Å²) in [6.45, 7) is 4.35. The number of aromatic nitrogens is 4. The predicted molar refractivity (Wildman–Crippen MR) is 73.2 cm³/mol. The summed E-state index contributed by atoms with van der Waals surface area (Å²) in [6.07, 6.45) is 1.37. The molecule has 0 spiro atoms. The third-order valence-corrected chi connectivity index (χ3v) is 3.36. The van der Waals surface area contributed by atoms with E-state index < -0.39 is 5.60 Å². The van der Waals surface area contributed by atoms with Crippen LogP contribution in [0.15, 0.2) is 30.3 Å². The highest BCUT2D eigenvalue weighted by molar-refractivity contribution is 5.38. The molecule has 6 heteroatoms. The highest BCUT2D eigenvalue weighted by Crippen LogP contribution is 2.16. The summed E-state index contributed by atoms with van der Waals surface area (Å²) < 4.78 is 1.62. The summed E-state index contributed by atoms with van der Waals surface area (Å²) in [7, 11) is 0. The van der Waals surface area contributed by atoms with E-state index in [1.807, 2.05) is 44.2 Å². The maximum absolute atomic E-state index is 10.2. The third kappa shape index (κ3) is 3.08. The molecule has 0 bridgehead atoms. The van der Waals surface area contributed by atoms with Crippen LogP contribution in [-0.4, -0.2) is 37.5 Å². The predicted octanol–water partition coefficient (Wildman–Crippen LogP) is 1.63. The molecule has 0 fully saturated rings. The van der Waals surface area contributed by atoms with Crippen LogP contribution in [0.25, 0.3) is 5.69 Å². The van der Waals surface area contributed by atoms with Gasteiger partial charge in [0.15, 0.2) is 0 Å². The highest BCUT2D eigenvalue weighted by atomic mass is 16.3. The molecule has 0 saturated carbocycles. The van der Waals surface area contributed by atoms with Gasteiger partial charge in [-0.1, -0.05) is 37.1 Å². The van der Waals surface area contributed by atoms with E-state index >= 15 is 0 Å². The van der Waals surface area contributed by atoms with Crippen molar-refractivity contribution in [3.05, 3.63) is 30.3 Å². The van der Waals surface area contributed by atoms with Crippen molar-refractivity contribution in [1.29, 1.82) is 0 Å². The topological polar surface area (TPSA) is 75.9 Å². The number of rotatable bonds is 6. The Morgan fingerprint density at radius 3 is 2.53 bits per heavy atom. The first kappa shape index (κ1) is 13.5. The van der Waals surface area contributed by atoms with Crippen LogP contribution in [0.5, 0.6) is 0 Å². The van der Waals surface area contributed by atoms with Gasteiger partial charge in [0.25, 0.3) is 0 Å². The van der Waals surface area contributed by atoms with E-state index in [-0.39, 0.29) is 0 Å². The van der Waals surface area contributed by atoms with Crippen LogP contribution in [0.3, 0.4) is 0 Å². The lowest BCUT2D eigenvalue weighted by Gasteiger charge is -2.25. The molecule has 0 unspecified atom stereocenters. The Hall–Kier alpha value is -1.95. The fourth-order valence-electron chi connectivity index (χ4n) is 1.78.